The molecule has 152 valence electrons. The van der Waals surface area contributed by atoms with Crippen LogP contribution in [-0.4, -0.2) is 62.8 Å². The Morgan fingerprint density at radius 3 is 2.55 bits per heavy atom. The molecule has 0 aromatic carbocycles. The van der Waals surface area contributed by atoms with Crippen molar-refractivity contribution in [2.75, 3.05) is 24.6 Å². The normalized spacial score (nSPS) is 17.2. The molecule has 1 aliphatic heterocycles. The average molecular weight is 432 g/mol. The summed E-state index contributed by atoms with van der Waals surface area (Å²) in [7, 11) is -1.06. The molecule has 3 aromatic rings. The standard InChI is InChI=1S/C20H22ClN5O2S/c1-20(2,25-8-10-29(27,28)11-9-25)7-6-15-13-26(16-12-22-24(3)14-16)19-17(15)4-5-18(21)23-19/h4-5,12-14H,8-11H2,1-3H3. The van der Waals surface area contributed by atoms with Crippen LogP contribution in [0.5, 0.6) is 0 Å². The molecule has 9 heteroatoms. The van der Waals surface area contributed by atoms with Gasteiger partial charge in [-0.25, -0.2) is 13.4 Å². The Kier molecular flexibility index (Phi) is 4.93. The first kappa shape index (κ1) is 20.0. The van der Waals surface area contributed by atoms with Gasteiger partial charge in [0.1, 0.15) is 10.8 Å². The van der Waals surface area contributed by atoms with Gasteiger partial charge in [-0.15, -0.1) is 0 Å². The Hall–Kier alpha value is -2.34. The van der Waals surface area contributed by atoms with Crippen molar-refractivity contribution in [1.82, 2.24) is 24.2 Å². The van der Waals surface area contributed by atoms with Gasteiger partial charge in [0.25, 0.3) is 0 Å². The molecule has 0 radical (unpaired) electrons. The van der Waals surface area contributed by atoms with Crippen LogP contribution in [0.1, 0.15) is 19.4 Å². The van der Waals surface area contributed by atoms with Crippen molar-refractivity contribution in [3.05, 3.63) is 41.4 Å². The van der Waals surface area contributed by atoms with E-state index in [2.05, 4.69) is 26.8 Å². The molecule has 0 bridgehead atoms. The van der Waals surface area contributed by atoms with E-state index in [1.807, 2.05) is 43.9 Å². The molecule has 0 spiro atoms. The Bertz CT molecular complexity index is 1230. The van der Waals surface area contributed by atoms with Crippen LogP contribution in [0.2, 0.25) is 5.15 Å². The maximum Gasteiger partial charge on any atom is 0.152 e. The van der Waals surface area contributed by atoms with E-state index in [0.717, 1.165) is 22.3 Å². The third kappa shape index (κ3) is 4.04. The summed E-state index contributed by atoms with van der Waals surface area (Å²) < 4.78 is 27.1. The molecule has 1 fully saturated rings. The summed E-state index contributed by atoms with van der Waals surface area (Å²) in [4.78, 5) is 6.60. The van der Waals surface area contributed by atoms with Crippen LogP contribution in [0.3, 0.4) is 0 Å². The van der Waals surface area contributed by atoms with Gasteiger partial charge >= 0.3 is 0 Å². The van der Waals surface area contributed by atoms with Gasteiger partial charge in [-0.1, -0.05) is 23.4 Å². The highest BCUT2D eigenvalue weighted by molar-refractivity contribution is 7.91. The predicted octanol–water partition coefficient (Wildman–Crippen LogP) is 2.27. The molecule has 3 aromatic heterocycles. The Morgan fingerprint density at radius 1 is 1.17 bits per heavy atom. The van der Waals surface area contributed by atoms with Gasteiger partial charge in [0.15, 0.2) is 9.84 Å². The van der Waals surface area contributed by atoms with Crippen LogP contribution in [0.25, 0.3) is 16.7 Å². The number of hydrogen-bond acceptors (Lipinski definition) is 5. The van der Waals surface area contributed by atoms with Crippen LogP contribution < -0.4 is 0 Å². The van der Waals surface area contributed by atoms with Crippen molar-refractivity contribution >= 4 is 32.5 Å². The number of sulfone groups is 1. The fourth-order valence-corrected chi connectivity index (χ4v) is 4.82. The molecule has 0 saturated carbocycles. The van der Waals surface area contributed by atoms with Gasteiger partial charge in [0, 0.05) is 37.9 Å². The molecule has 1 saturated heterocycles. The Balaban J connectivity index is 1.72. The largest absolute Gasteiger partial charge is 0.297 e. The van der Waals surface area contributed by atoms with Gasteiger partial charge in [-0.05, 0) is 26.0 Å². The zero-order chi connectivity index (χ0) is 20.8. The minimum atomic E-state index is -2.92. The van der Waals surface area contributed by atoms with Gasteiger partial charge in [0.05, 0.1) is 34.5 Å². The van der Waals surface area contributed by atoms with Crippen LogP contribution in [0, 0.1) is 11.8 Å². The summed E-state index contributed by atoms with van der Waals surface area (Å²) in [6.45, 7) is 5.04. The van der Waals surface area contributed by atoms with Gasteiger partial charge in [0.2, 0.25) is 0 Å². The zero-order valence-corrected chi connectivity index (χ0v) is 18.1. The molecule has 7 nitrogen and oxygen atoms in total. The van der Waals surface area contributed by atoms with E-state index in [-0.39, 0.29) is 11.5 Å². The summed E-state index contributed by atoms with van der Waals surface area (Å²) >= 11 is 6.13. The highest BCUT2D eigenvalue weighted by atomic mass is 35.5. The van der Waals surface area contributed by atoms with Crippen molar-refractivity contribution in [2.24, 2.45) is 7.05 Å². The smallest absolute Gasteiger partial charge is 0.152 e. The van der Waals surface area contributed by atoms with E-state index in [1.165, 1.54) is 0 Å². The lowest BCUT2D eigenvalue weighted by atomic mass is 10.0. The zero-order valence-electron chi connectivity index (χ0n) is 16.6. The maximum absolute atomic E-state index is 11.7. The molecule has 0 aliphatic carbocycles. The van der Waals surface area contributed by atoms with Crippen molar-refractivity contribution in [3.8, 4) is 17.5 Å². The minimum absolute atomic E-state index is 0.181. The molecule has 0 unspecified atom stereocenters. The number of aryl methyl sites for hydroxylation is 1. The number of hydrogen-bond donors (Lipinski definition) is 0. The lowest BCUT2D eigenvalue weighted by Crippen LogP contribution is -2.50. The fourth-order valence-electron chi connectivity index (χ4n) is 3.48. The van der Waals surface area contributed by atoms with Crippen molar-refractivity contribution in [1.29, 1.82) is 0 Å². The van der Waals surface area contributed by atoms with E-state index in [0.29, 0.717) is 18.2 Å². The highest BCUT2D eigenvalue weighted by Crippen LogP contribution is 2.25. The van der Waals surface area contributed by atoms with Crippen LogP contribution in [-0.2, 0) is 16.9 Å². The highest BCUT2D eigenvalue weighted by Gasteiger charge is 2.31. The number of pyridine rings is 1. The fraction of sp³-hybridized carbons (Fsp3) is 0.400. The summed E-state index contributed by atoms with van der Waals surface area (Å²) in [5.41, 5.74) is 1.99. The quantitative estimate of drug-likeness (QED) is 0.459. The van der Waals surface area contributed by atoms with E-state index in [4.69, 9.17) is 11.6 Å². The van der Waals surface area contributed by atoms with Gasteiger partial charge in [-0.2, -0.15) is 5.10 Å². The summed E-state index contributed by atoms with van der Waals surface area (Å²) in [6, 6.07) is 3.67. The van der Waals surface area contributed by atoms with Gasteiger partial charge < -0.3 is 0 Å². The van der Waals surface area contributed by atoms with Crippen molar-refractivity contribution in [3.63, 3.8) is 0 Å². The number of aromatic nitrogens is 4. The first-order valence-corrected chi connectivity index (χ1v) is 11.5. The lowest BCUT2D eigenvalue weighted by Gasteiger charge is -2.37. The van der Waals surface area contributed by atoms with E-state index in [1.54, 1.807) is 16.9 Å². The first-order chi connectivity index (χ1) is 13.6. The van der Waals surface area contributed by atoms with Crippen molar-refractivity contribution < 1.29 is 8.42 Å². The number of nitrogens with zero attached hydrogens (tertiary/aromatic N) is 5. The van der Waals surface area contributed by atoms with E-state index >= 15 is 0 Å². The van der Waals surface area contributed by atoms with Crippen molar-refractivity contribution in [2.45, 2.75) is 19.4 Å². The summed E-state index contributed by atoms with van der Waals surface area (Å²) in [5.74, 6) is 6.99. The van der Waals surface area contributed by atoms with Crippen LogP contribution >= 0.6 is 11.6 Å². The maximum atomic E-state index is 11.7. The molecule has 0 amide bonds. The SMILES string of the molecule is Cn1cc(-n2cc(C#CC(C)(C)N3CCS(=O)(=O)CC3)c3ccc(Cl)nc32)cn1. The second-order valence-electron chi connectivity index (χ2n) is 7.74. The molecular weight excluding hydrogens is 410 g/mol. The molecule has 1 aliphatic rings. The summed E-state index contributed by atoms with van der Waals surface area (Å²) in [6.07, 6.45) is 5.60. The topological polar surface area (TPSA) is 73.0 Å². The molecule has 4 rings (SSSR count). The lowest BCUT2D eigenvalue weighted by molar-refractivity contribution is 0.185. The molecule has 4 heterocycles. The van der Waals surface area contributed by atoms with Crippen LogP contribution in [0.4, 0.5) is 0 Å². The second-order valence-corrected chi connectivity index (χ2v) is 10.4. The van der Waals surface area contributed by atoms with E-state index < -0.39 is 15.4 Å². The number of fused-ring (bicyclic) bond motifs is 1. The summed E-state index contributed by atoms with van der Waals surface area (Å²) in [5, 5.41) is 5.55. The van der Waals surface area contributed by atoms with E-state index in [9.17, 15) is 8.42 Å². The van der Waals surface area contributed by atoms with Gasteiger partial charge in [-0.3, -0.25) is 14.1 Å². The molecule has 29 heavy (non-hydrogen) atoms. The third-order valence-electron chi connectivity index (χ3n) is 5.23. The Labute approximate surface area is 175 Å². The molecule has 0 N–H and O–H groups in total. The number of halogens is 1. The molecule has 0 atom stereocenters. The molecular formula is C20H22ClN5O2S. The third-order valence-corrected chi connectivity index (χ3v) is 7.04. The van der Waals surface area contributed by atoms with Crippen LogP contribution in [0.15, 0.2) is 30.7 Å². The average Bonchev–Trinajstić information content (AvgIpc) is 3.23. The first-order valence-electron chi connectivity index (χ1n) is 9.30. The monoisotopic (exact) mass is 431 g/mol. The second kappa shape index (κ2) is 7.17. The minimum Gasteiger partial charge on any atom is -0.297 e. The Morgan fingerprint density at radius 2 is 1.90 bits per heavy atom. The number of rotatable bonds is 2. The predicted molar refractivity (Wildman–Crippen MR) is 114 cm³/mol.